The lowest BCUT2D eigenvalue weighted by molar-refractivity contribution is 0.307. The van der Waals surface area contributed by atoms with Gasteiger partial charge in [0.15, 0.2) is 0 Å². The van der Waals surface area contributed by atoms with Crippen molar-refractivity contribution >= 4 is 11.5 Å². The first-order valence-electron chi connectivity index (χ1n) is 7.46. The highest BCUT2D eigenvalue weighted by atomic mass is 16.5. The molecule has 112 valence electrons. The molecule has 1 saturated heterocycles. The lowest BCUT2D eigenvalue weighted by atomic mass is 10.2. The molecule has 1 aromatic rings. The lowest BCUT2D eigenvalue weighted by Gasteiger charge is -2.29. The molecule has 1 atom stereocenters. The van der Waals surface area contributed by atoms with E-state index >= 15 is 0 Å². The predicted molar refractivity (Wildman–Crippen MR) is 83.4 cm³/mol. The van der Waals surface area contributed by atoms with Gasteiger partial charge in [0, 0.05) is 19.1 Å². The monoisotopic (exact) mass is 278 g/mol. The third-order valence-corrected chi connectivity index (χ3v) is 3.66. The number of hydrogen-bond acceptors (Lipinski definition) is 5. The summed E-state index contributed by atoms with van der Waals surface area (Å²) in [5, 5.41) is 0. The number of aromatic nitrogens is 1. The summed E-state index contributed by atoms with van der Waals surface area (Å²) >= 11 is 0. The molecule has 0 spiro atoms. The number of nitrogens with zero attached hydrogens (tertiary/aromatic N) is 3. The second-order valence-corrected chi connectivity index (χ2v) is 5.57. The molecule has 1 unspecified atom stereocenters. The number of likely N-dealkylation sites (N-methyl/N-ethyl adjacent to an activating group) is 1. The Morgan fingerprint density at radius 2 is 2.20 bits per heavy atom. The minimum Gasteiger partial charge on any atom is -0.476 e. The number of hydrogen-bond donors (Lipinski definition) is 1. The number of anilines is 2. The molecule has 1 aromatic heterocycles. The van der Waals surface area contributed by atoms with Crippen molar-refractivity contribution in [1.29, 1.82) is 0 Å². The van der Waals surface area contributed by atoms with Crippen LogP contribution in [0, 0.1) is 0 Å². The zero-order valence-electron chi connectivity index (χ0n) is 12.8. The fourth-order valence-electron chi connectivity index (χ4n) is 2.63. The van der Waals surface area contributed by atoms with E-state index in [1.807, 2.05) is 12.1 Å². The van der Waals surface area contributed by atoms with Crippen molar-refractivity contribution in [2.45, 2.75) is 32.7 Å². The number of pyridine rings is 1. The van der Waals surface area contributed by atoms with Gasteiger partial charge in [-0.15, -0.1) is 0 Å². The zero-order valence-corrected chi connectivity index (χ0v) is 12.8. The van der Waals surface area contributed by atoms with Crippen molar-refractivity contribution in [1.82, 2.24) is 9.88 Å². The van der Waals surface area contributed by atoms with Crippen LogP contribution in [0.4, 0.5) is 11.5 Å². The summed E-state index contributed by atoms with van der Waals surface area (Å²) < 4.78 is 5.63. The number of nitrogen functional groups attached to an aromatic ring is 1. The molecule has 2 N–H and O–H groups in total. The Kier molecular flexibility index (Phi) is 5.06. The van der Waals surface area contributed by atoms with Crippen molar-refractivity contribution < 1.29 is 4.74 Å². The van der Waals surface area contributed by atoms with E-state index in [9.17, 15) is 0 Å². The van der Waals surface area contributed by atoms with Gasteiger partial charge in [0.05, 0.1) is 12.3 Å². The van der Waals surface area contributed by atoms with E-state index in [0.717, 1.165) is 38.3 Å². The summed E-state index contributed by atoms with van der Waals surface area (Å²) in [6.45, 7) is 8.18. The van der Waals surface area contributed by atoms with Crippen LogP contribution in [-0.4, -0.2) is 49.2 Å². The first-order valence-corrected chi connectivity index (χ1v) is 7.46. The normalized spacial score (nSPS) is 20.8. The Bertz CT molecular complexity index is 438. The molecule has 0 amide bonds. The molecule has 2 heterocycles. The van der Waals surface area contributed by atoms with E-state index in [-0.39, 0.29) is 0 Å². The third kappa shape index (κ3) is 3.54. The van der Waals surface area contributed by atoms with Crippen molar-refractivity contribution in [3.63, 3.8) is 0 Å². The van der Waals surface area contributed by atoms with Gasteiger partial charge in [0.2, 0.25) is 5.88 Å². The molecule has 2 rings (SSSR count). The fraction of sp³-hybridized carbons (Fsp3) is 0.667. The van der Waals surface area contributed by atoms with Gasteiger partial charge < -0.3 is 20.3 Å². The van der Waals surface area contributed by atoms with Gasteiger partial charge >= 0.3 is 0 Å². The average molecular weight is 278 g/mol. The maximum atomic E-state index is 5.93. The van der Waals surface area contributed by atoms with Crippen LogP contribution in [0.2, 0.25) is 0 Å². The first-order chi connectivity index (χ1) is 9.61. The first kappa shape index (κ1) is 14.9. The minimum absolute atomic E-state index is 0.442. The van der Waals surface area contributed by atoms with Crippen molar-refractivity contribution in [2.75, 3.05) is 43.9 Å². The van der Waals surface area contributed by atoms with Crippen LogP contribution < -0.4 is 15.4 Å². The minimum atomic E-state index is 0.442. The summed E-state index contributed by atoms with van der Waals surface area (Å²) in [6.07, 6.45) is 2.11. The topological polar surface area (TPSA) is 54.6 Å². The number of ether oxygens (including phenoxy) is 1. The molecule has 1 aliphatic rings. The summed E-state index contributed by atoms with van der Waals surface area (Å²) in [7, 11) is 2.17. The van der Waals surface area contributed by atoms with Gasteiger partial charge in [-0.2, -0.15) is 4.98 Å². The second kappa shape index (κ2) is 6.79. The fourth-order valence-corrected chi connectivity index (χ4v) is 2.63. The van der Waals surface area contributed by atoms with E-state index in [1.54, 1.807) is 0 Å². The smallest absolute Gasteiger partial charge is 0.239 e. The quantitative estimate of drug-likeness (QED) is 0.912. The SMILES string of the molecule is CCCOc1nc(N2CCCN(C)CC2C)ccc1N. The molecule has 1 fully saturated rings. The van der Waals surface area contributed by atoms with Crippen LogP contribution in [0.25, 0.3) is 0 Å². The number of nitrogens with two attached hydrogens (primary N) is 1. The van der Waals surface area contributed by atoms with Crippen molar-refractivity contribution in [2.24, 2.45) is 0 Å². The highest BCUT2D eigenvalue weighted by Crippen LogP contribution is 2.25. The molecular formula is C15H26N4O. The zero-order chi connectivity index (χ0) is 14.5. The average Bonchev–Trinajstić information content (AvgIpc) is 2.59. The summed E-state index contributed by atoms with van der Waals surface area (Å²) in [6, 6.07) is 4.34. The van der Waals surface area contributed by atoms with Crippen LogP contribution in [0.3, 0.4) is 0 Å². The largest absolute Gasteiger partial charge is 0.476 e. The van der Waals surface area contributed by atoms with Crippen LogP contribution in [0.15, 0.2) is 12.1 Å². The van der Waals surface area contributed by atoms with E-state index in [0.29, 0.717) is 24.2 Å². The number of rotatable bonds is 4. The van der Waals surface area contributed by atoms with Gasteiger partial charge in [0.1, 0.15) is 5.82 Å². The van der Waals surface area contributed by atoms with E-state index < -0.39 is 0 Å². The Labute approximate surface area is 121 Å². The second-order valence-electron chi connectivity index (χ2n) is 5.57. The maximum Gasteiger partial charge on any atom is 0.239 e. The summed E-state index contributed by atoms with van der Waals surface area (Å²) in [5.74, 6) is 1.53. The van der Waals surface area contributed by atoms with E-state index in [1.165, 1.54) is 0 Å². The Morgan fingerprint density at radius 1 is 1.40 bits per heavy atom. The van der Waals surface area contributed by atoms with Crippen LogP contribution in [0.5, 0.6) is 5.88 Å². The summed E-state index contributed by atoms with van der Waals surface area (Å²) in [4.78, 5) is 9.33. The molecule has 5 nitrogen and oxygen atoms in total. The van der Waals surface area contributed by atoms with Crippen molar-refractivity contribution in [3.05, 3.63) is 12.1 Å². The highest BCUT2D eigenvalue weighted by Gasteiger charge is 2.21. The molecule has 0 radical (unpaired) electrons. The molecule has 0 saturated carbocycles. The molecule has 0 aromatic carbocycles. The molecular weight excluding hydrogens is 252 g/mol. The predicted octanol–water partition coefficient (Wildman–Crippen LogP) is 1.98. The van der Waals surface area contributed by atoms with Gasteiger partial charge in [-0.25, -0.2) is 0 Å². The standard InChI is InChI=1S/C15H26N4O/c1-4-10-20-15-13(16)6-7-14(17-15)19-9-5-8-18(3)11-12(19)2/h6-7,12H,4-5,8-11,16H2,1-3H3. The Hall–Kier alpha value is -1.49. The molecule has 20 heavy (non-hydrogen) atoms. The molecule has 1 aliphatic heterocycles. The Morgan fingerprint density at radius 3 is 2.95 bits per heavy atom. The van der Waals surface area contributed by atoms with Crippen LogP contribution >= 0.6 is 0 Å². The van der Waals surface area contributed by atoms with E-state index in [2.05, 4.69) is 35.7 Å². The molecule has 0 aliphatic carbocycles. The summed E-state index contributed by atoms with van der Waals surface area (Å²) in [5.41, 5.74) is 6.55. The highest BCUT2D eigenvalue weighted by molar-refractivity contribution is 5.55. The van der Waals surface area contributed by atoms with E-state index in [4.69, 9.17) is 10.5 Å². The van der Waals surface area contributed by atoms with Crippen LogP contribution in [-0.2, 0) is 0 Å². The van der Waals surface area contributed by atoms with Gasteiger partial charge in [-0.3, -0.25) is 0 Å². The lowest BCUT2D eigenvalue weighted by Crippen LogP contribution is -2.38. The molecule has 5 heteroatoms. The third-order valence-electron chi connectivity index (χ3n) is 3.66. The molecule has 0 bridgehead atoms. The van der Waals surface area contributed by atoms with Gasteiger partial charge in [-0.1, -0.05) is 6.92 Å². The van der Waals surface area contributed by atoms with Crippen LogP contribution in [0.1, 0.15) is 26.7 Å². The van der Waals surface area contributed by atoms with Crippen molar-refractivity contribution in [3.8, 4) is 5.88 Å². The maximum absolute atomic E-state index is 5.93. The van der Waals surface area contributed by atoms with Gasteiger partial charge in [0.25, 0.3) is 0 Å². The Balaban J connectivity index is 2.18. The van der Waals surface area contributed by atoms with Gasteiger partial charge in [-0.05, 0) is 45.5 Å².